The number of anilines is 1. The minimum absolute atomic E-state index is 0.0921. The zero-order valence-corrected chi connectivity index (χ0v) is 12.0. The van der Waals surface area contributed by atoms with Crippen LogP contribution in [0.3, 0.4) is 0 Å². The lowest BCUT2D eigenvalue weighted by Gasteiger charge is -2.38. The number of likely N-dealkylation sites (N-methyl/N-ethyl adjacent to an activating group) is 1. The van der Waals surface area contributed by atoms with Gasteiger partial charge in [-0.05, 0) is 13.5 Å². The predicted octanol–water partition coefficient (Wildman–Crippen LogP) is 2.03. The van der Waals surface area contributed by atoms with Crippen LogP contribution in [-0.4, -0.2) is 53.7 Å². The highest BCUT2D eigenvalue weighted by molar-refractivity contribution is 7.18. The van der Waals surface area contributed by atoms with Gasteiger partial charge >= 0.3 is 5.97 Å². The summed E-state index contributed by atoms with van der Waals surface area (Å²) < 4.78 is 0. The lowest BCUT2D eigenvalue weighted by atomic mass is 10.1. The van der Waals surface area contributed by atoms with Crippen LogP contribution < -0.4 is 4.90 Å². The Kier molecular flexibility index (Phi) is 4.09. The van der Waals surface area contributed by atoms with Crippen molar-refractivity contribution in [1.29, 1.82) is 0 Å². The average molecular weight is 290 g/mol. The molecule has 1 unspecified atom stereocenters. The first-order valence-corrected chi connectivity index (χ1v) is 7.07. The summed E-state index contributed by atoms with van der Waals surface area (Å²) in [6.07, 6.45) is 1.07. The lowest BCUT2D eigenvalue weighted by Crippen LogP contribution is -2.51. The molecule has 1 aromatic heterocycles. The molecule has 0 spiro atoms. The largest absolute Gasteiger partial charge is 0.477 e. The van der Waals surface area contributed by atoms with Crippen LogP contribution in [0, 0.1) is 0 Å². The Balaban J connectivity index is 2.17. The number of rotatable bonds is 3. The molecule has 0 saturated carbocycles. The van der Waals surface area contributed by atoms with Crippen molar-refractivity contribution in [3.8, 4) is 0 Å². The zero-order chi connectivity index (χ0) is 13.3. The molecule has 2 heterocycles. The first-order chi connectivity index (χ1) is 8.52. The normalized spacial score (nSPS) is 21.3. The van der Waals surface area contributed by atoms with Crippen molar-refractivity contribution < 1.29 is 9.90 Å². The molecule has 1 aliphatic heterocycles. The van der Waals surface area contributed by atoms with E-state index in [0.29, 0.717) is 11.2 Å². The van der Waals surface area contributed by atoms with Crippen molar-refractivity contribution in [2.45, 2.75) is 19.4 Å². The molecule has 100 valence electrons. The van der Waals surface area contributed by atoms with Gasteiger partial charge in [-0.1, -0.05) is 29.9 Å². The highest BCUT2D eigenvalue weighted by atomic mass is 35.5. The van der Waals surface area contributed by atoms with Crippen LogP contribution >= 0.6 is 22.9 Å². The third-order valence-electron chi connectivity index (χ3n) is 3.29. The Hall–Kier alpha value is -0.850. The van der Waals surface area contributed by atoms with Crippen molar-refractivity contribution >= 4 is 34.0 Å². The van der Waals surface area contributed by atoms with Gasteiger partial charge in [-0.3, -0.25) is 4.90 Å². The molecule has 0 amide bonds. The molecule has 0 aliphatic carbocycles. The Labute approximate surface area is 115 Å². The molecule has 0 radical (unpaired) electrons. The Morgan fingerprint density at radius 1 is 1.61 bits per heavy atom. The summed E-state index contributed by atoms with van der Waals surface area (Å²) in [5, 5.41) is 9.78. The van der Waals surface area contributed by atoms with Gasteiger partial charge in [0.05, 0.1) is 0 Å². The molecular formula is C11H16ClN3O2S. The second-order valence-corrected chi connectivity index (χ2v) is 5.75. The number of carboxylic acid groups (broad SMARTS) is 1. The summed E-state index contributed by atoms with van der Waals surface area (Å²) in [5.41, 5.74) is 0. The minimum Gasteiger partial charge on any atom is -0.477 e. The average Bonchev–Trinajstić information content (AvgIpc) is 2.72. The van der Waals surface area contributed by atoms with Gasteiger partial charge in [0.2, 0.25) is 0 Å². The van der Waals surface area contributed by atoms with Gasteiger partial charge in [0.1, 0.15) is 0 Å². The van der Waals surface area contributed by atoms with E-state index in [1.165, 1.54) is 0 Å². The summed E-state index contributed by atoms with van der Waals surface area (Å²) in [6, 6.07) is 0.481. The number of nitrogens with zero attached hydrogens (tertiary/aromatic N) is 3. The maximum absolute atomic E-state index is 10.9. The third-order valence-corrected chi connectivity index (χ3v) is 4.78. The van der Waals surface area contributed by atoms with Gasteiger partial charge in [0, 0.05) is 25.7 Å². The molecule has 7 heteroatoms. The Morgan fingerprint density at radius 2 is 2.33 bits per heavy atom. The topological polar surface area (TPSA) is 56.7 Å². The van der Waals surface area contributed by atoms with Crippen LogP contribution in [0.2, 0.25) is 5.15 Å². The maximum atomic E-state index is 10.9. The number of carbonyl (C=O) groups is 1. The smallest absolute Gasteiger partial charge is 0.349 e. The van der Waals surface area contributed by atoms with Crippen LogP contribution in [-0.2, 0) is 0 Å². The van der Waals surface area contributed by atoms with E-state index in [0.717, 1.165) is 37.4 Å². The van der Waals surface area contributed by atoms with Crippen LogP contribution in [0.1, 0.15) is 23.0 Å². The number of aromatic nitrogens is 1. The highest BCUT2D eigenvalue weighted by Gasteiger charge is 2.26. The summed E-state index contributed by atoms with van der Waals surface area (Å²) in [6.45, 7) is 4.84. The number of piperazine rings is 1. The number of halogens is 1. The lowest BCUT2D eigenvalue weighted by molar-refractivity contribution is 0.0702. The van der Waals surface area contributed by atoms with Crippen molar-refractivity contribution in [2.24, 2.45) is 0 Å². The number of aromatic carboxylic acids is 1. The summed E-state index contributed by atoms with van der Waals surface area (Å²) in [5.74, 6) is -1.01. The molecule has 1 saturated heterocycles. The quantitative estimate of drug-likeness (QED) is 0.923. The van der Waals surface area contributed by atoms with E-state index in [9.17, 15) is 4.79 Å². The van der Waals surface area contributed by atoms with Crippen molar-refractivity contribution in [3.63, 3.8) is 0 Å². The van der Waals surface area contributed by atoms with Gasteiger partial charge in [-0.25, -0.2) is 9.78 Å². The first kappa shape index (κ1) is 13.6. The standard InChI is InChI=1S/C11H16ClN3O2S/c1-3-7-6-15(5-4-14(7)2)11-13-9(12)8(18-11)10(16)17/h7H,3-6H2,1-2H3,(H,16,17). The van der Waals surface area contributed by atoms with Crippen LogP contribution in [0.15, 0.2) is 0 Å². The monoisotopic (exact) mass is 289 g/mol. The fourth-order valence-electron chi connectivity index (χ4n) is 2.12. The predicted molar refractivity (Wildman–Crippen MR) is 73.0 cm³/mol. The van der Waals surface area contributed by atoms with Gasteiger partial charge < -0.3 is 10.0 Å². The molecule has 1 fully saturated rings. The number of carboxylic acids is 1. The fraction of sp³-hybridized carbons (Fsp3) is 0.636. The van der Waals surface area contributed by atoms with E-state index < -0.39 is 5.97 Å². The van der Waals surface area contributed by atoms with Crippen molar-refractivity contribution in [3.05, 3.63) is 10.0 Å². The van der Waals surface area contributed by atoms with Gasteiger partial charge in [0.15, 0.2) is 15.2 Å². The molecule has 1 N–H and O–H groups in total. The second-order valence-electron chi connectivity index (χ2n) is 4.41. The van der Waals surface area contributed by atoms with E-state index in [1.54, 1.807) is 0 Å². The molecular weight excluding hydrogens is 274 g/mol. The second kappa shape index (κ2) is 5.42. The Bertz CT molecular complexity index is 451. The Morgan fingerprint density at radius 3 is 2.89 bits per heavy atom. The van der Waals surface area contributed by atoms with E-state index in [1.807, 2.05) is 0 Å². The molecule has 1 aromatic rings. The SMILES string of the molecule is CCC1CN(c2nc(Cl)c(C(=O)O)s2)CCN1C. The first-order valence-electron chi connectivity index (χ1n) is 5.87. The molecule has 1 aliphatic rings. The molecule has 0 bridgehead atoms. The van der Waals surface area contributed by atoms with E-state index in [2.05, 4.69) is 28.8 Å². The van der Waals surface area contributed by atoms with E-state index in [-0.39, 0.29) is 10.0 Å². The number of hydrogen-bond acceptors (Lipinski definition) is 5. The van der Waals surface area contributed by atoms with Crippen LogP contribution in [0.25, 0.3) is 0 Å². The zero-order valence-electron chi connectivity index (χ0n) is 10.4. The summed E-state index contributed by atoms with van der Waals surface area (Å²) >= 11 is 6.99. The summed E-state index contributed by atoms with van der Waals surface area (Å²) in [4.78, 5) is 19.7. The van der Waals surface area contributed by atoms with Crippen LogP contribution in [0.5, 0.6) is 0 Å². The van der Waals surface area contributed by atoms with E-state index >= 15 is 0 Å². The van der Waals surface area contributed by atoms with Gasteiger partial charge in [0.25, 0.3) is 0 Å². The fourth-order valence-corrected chi connectivity index (χ4v) is 3.28. The molecule has 2 rings (SSSR count). The van der Waals surface area contributed by atoms with Crippen molar-refractivity contribution in [1.82, 2.24) is 9.88 Å². The highest BCUT2D eigenvalue weighted by Crippen LogP contribution is 2.31. The minimum atomic E-state index is -1.01. The number of hydrogen-bond donors (Lipinski definition) is 1. The molecule has 18 heavy (non-hydrogen) atoms. The molecule has 0 aromatic carbocycles. The number of thiazole rings is 1. The third kappa shape index (κ3) is 2.60. The van der Waals surface area contributed by atoms with Crippen LogP contribution in [0.4, 0.5) is 5.13 Å². The maximum Gasteiger partial charge on any atom is 0.349 e. The van der Waals surface area contributed by atoms with Gasteiger partial charge in [-0.2, -0.15) is 0 Å². The van der Waals surface area contributed by atoms with Crippen molar-refractivity contribution in [2.75, 3.05) is 31.6 Å². The van der Waals surface area contributed by atoms with E-state index in [4.69, 9.17) is 16.7 Å². The summed E-state index contributed by atoms with van der Waals surface area (Å²) in [7, 11) is 2.11. The van der Waals surface area contributed by atoms with Gasteiger partial charge in [-0.15, -0.1) is 0 Å². The molecule has 1 atom stereocenters. The molecule has 5 nitrogen and oxygen atoms in total.